The van der Waals surface area contributed by atoms with Crippen LogP contribution >= 0.6 is 0 Å². The molecule has 0 bridgehead atoms. The molecule has 2 aromatic heterocycles. The van der Waals surface area contributed by atoms with E-state index in [0.29, 0.717) is 11.5 Å². The van der Waals surface area contributed by atoms with Crippen LogP contribution in [0.5, 0.6) is 5.75 Å². The van der Waals surface area contributed by atoms with Gasteiger partial charge in [0.15, 0.2) is 6.10 Å². The summed E-state index contributed by atoms with van der Waals surface area (Å²) in [5.74, 6) is 0.855. The van der Waals surface area contributed by atoms with E-state index in [2.05, 4.69) is 10.2 Å². The van der Waals surface area contributed by atoms with Crippen molar-refractivity contribution in [3.8, 4) is 17.2 Å². The maximum absolute atomic E-state index is 12.5. The summed E-state index contributed by atoms with van der Waals surface area (Å²) in [7, 11) is 1.60. The predicted molar refractivity (Wildman–Crippen MR) is 101 cm³/mol. The molecule has 0 aliphatic carbocycles. The number of hydrogen-bond donors (Lipinski definition) is 0. The van der Waals surface area contributed by atoms with Crippen LogP contribution in [0.25, 0.3) is 22.4 Å². The van der Waals surface area contributed by atoms with E-state index in [9.17, 15) is 4.79 Å². The Labute approximate surface area is 160 Å². The summed E-state index contributed by atoms with van der Waals surface area (Å²) in [6.07, 6.45) is -0.723. The van der Waals surface area contributed by atoms with Gasteiger partial charge >= 0.3 is 5.97 Å². The standard InChI is InChI=1S/C21H18N2O5/c1-12-16-6-4-5-7-17(16)27-18(12)21(24)26-13(2)19-22-23-20(28-19)14-8-10-15(25-3)11-9-14/h4-11,13H,1-3H3/t13-/m1/s1. The van der Waals surface area contributed by atoms with Crippen molar-refractivity contribution in [3.63, 3.8) is 0 Å². The van der Waals surface area contributed by atoms with Crippen LogP contribution in [0.2, 0.25) is 0 Å². The number of aryl methyl sites for hydroxylation is 1. The van der Waals surface area contributed by atoms with E-state index in [0.717, 1.165) is 22.3 Å². The van der Waals surface area contributed by atoms with Crippen LogP contribution in [-0.2, 0) is 4.74 Å². The molecule has 0 saturated heterocycles. The van der Waals surface area contributed by atoms with Gasteiger partial charge in [-0.3, -0.25) is 0 Å². The lowest BCUT2D eigenvalue weighted by molar-refractivity contribution is 0.0245. The zero-order chi connectivity index (χ0) is 19.7. The third-order valence-electron chi connectivity index (χ3n) is 4.44. The number of carbonyl (C=O) groups excluding carboxylic acids is 1. The van der Waals surface area contributed by atoms with Crippen molar-refractivity contribution in [2.24, 2.45) is 0 Å². The molecule has 0 unspecified atom stereocenters. The molecule has 4 rings (SSSR count). The van der Waals surface area contributed by atoms with Crippen LogP contribution in [0.4, 0.5) is 0 Å². The molecule has 2 aromatic carbocycles. The molecular weight excluding hydrogens is 360 g/mol. The van der Waals surface area contributed by atoms with Gasteiger partial charge in [0.2, 0.25) is 11.7 Å². The lowest BCUT2D eigenvalue weighted by Gasteiger charge is -2.08. The molecule has 0 amide bonds. The molecule has 0 N–H and O–H groups in total. The molecule has 0 fully saturated rings. The molecule has 0 radical (unpaired) electrons. The summed E-state index contributed by atoms with van der Waals surface area (Å²) in [5, 5.41) is 8.89. The van der Waals surface area contributed by atoms with Crippen molar-refractivity contribution in [1.82, 2.24) is 10.2 Å². The molecule has 4 aromatic rings. The number of carbonyl (C=O) groups is 1. The Balaban J connectivity index is 1.51. The number of rotatable bonds is 5. The van der Waals surface area contributed by atoms with Gasteiger partial charge in [0, 0.05) is 16.5 Å². The fourth-order valence-corrected chi connectivity index (χ4v) is 2.88. The van der Waals surface area contributed by atoms with E-state index < -0.39 is 12.1 Å². The van der Waals surface area contributed by atoms with Crippen LogP contribution in [0.15, 0.2) is 57.4 Å². The zero-order valence-corrected chi connectivity index (χ0v) is 15.6. The first kappa shape index (κ1) is 17.8. The van der Waals surface area contributed by atoms with Crippen molar-refractivity contribution in [3.05, 3.63) is 65.7 Å². The normalized spacial score (nSPS) is 12.1. The maximum atomic E-state index is 12.5. The Morgan fingerprint density at radius 2 is 1.79 bits per heavy atom. The highest BCUT2D eigenvalue weighted by atomic mass is 16.6. The number of methoxy groups -OCH3 is 1. The average molecular weight is 378 g/mol. The van der Waals surface area contributed by atoms with Gasteiger partial charge in [-0.1, -0.05) is 18.2 Å². The first-order valence-electron chi connectivity index (χ1n) is 8.73. The second-order valence-corrected chi connectivity index (χ2v) is 6.27. The van der Waals surface area contributed by atoms with Crippen LogP contribution in [-0.4, -0.2) is 23.3 Å². The van der Waals surface area contributed by atoms with Crippen molar-refractivity contribution >= 4 is 16.9 Å². The van der Waals surface area contributed by atoms with Gasteiger partial charge in [-0.2, -0.15) is 0 Å². The van der Waals surface area contributed by atoms with Crippen LogP contribution in [0.3, 0.4) is 0 Å². The Kier molecular flexibility index (Phi) is 4.57. The Morgan fingerprint density at radius 3 is 2.50 bits per heavy atom. The van der Waals surface area contributed by atoms with Gasteiger partial charge in [-0.05, 0) is 44.2 Å². The van der Waals surface area contributed by atoms with Crippen molar-refractivity contribution in [2.75, 3.05) is 7.11 Å². The van der Waals surface area contributed by atoms with Gasteiger partial charge in [-0.15, -0.1) is 10.2 Å². The second-order valence-electron chi connectivity index (χ2n) is 6.27. The summed E-state index contributed by atoms with van der Waals surface area (Å²) in [6.45, 7) is 3.49. The number of furan rings is 1. The zero-order valence-electron chi connectivity index (χ0n) is 15.6. The maximum Gasteiger partial charge on any atom is 0.375 e. The Bertz CT molecular complexity index is 1130. The summed E-state index contributed by atoms with van der Waals surface area (Å²) < 4.78 is 21.9. The van der Waals surface area contributed by atoms with Crippen LogP contribution in [0.1, 0.15) is 35.0 Å². The van der Waals surface area contributed by atoms with Crippen molar-refractivity contribution in [2.45, 2.75) is 20.0 Å². The third kappa shape index (κ3) is 3.22. The number of hydrogen-bond acceptors (Lipinski definition) is 7. The van der Waals surface area contributed by atoms with Gasteiger partial charge in [-0.25, -0.2) is 4.79 Å². The molecule has 142 valence electrons. The molecule has 2 heterocycles. The fraction of sp³-hybridized carbons (Fsp3) is 0.190. The van der Waals surface area contributed by atoms with Gasteiger partial charge in [0.05, 0.1) is 7.11 Å². The second kappa shape index (κ2) is 7.19. The van der Waals surface area contributed by atoms with E-state index in [1.165, 1.54) is 0 Å². The van der Waals surface area contributed by atoms with E-state index in [1.54, 1.807) is 26.2 Å². The molecule has 1 atom stereocenters. The molecule has 0 aliphatic rings. The average Bonchev–Trinajstić information content (AvgIpc) is 3.34. The largest absolute Gasteiger partial charge is 0.497 e. The summed E-state index contributed by atoms with van der Waals surface area (Å²) in [4.78, 5) is 12.5. The SMILES string of the molecule is COc1ccc(-c2nnc([C@@H](C)OC(=O)c3oc4ccccc4c3C)o2)cc1. The highest BCUT2D eigenvalue weighted by Gasteiger charge is 2.24. The van der Waals surface area contributed by atoms with Crippen LogP contribution in [0, 0.1) is 6.92 Å². The molecule has 0 saturated carbocycles. The fourth-order valence-electron chi connectivity index (χ4n) is 2.88. The lowest BCUT2D eigenvalue weighted by atomic mass is 10.1. The Hall–Kier alpha value is -3.61. The minimum absolute atomic E-state index is 0.169. The number of para-hydroxylation sites is 1. The minimum Gasteiger partial charge on any atom is -0.497 e. The third-order valence-corrected chi connectivity index (χ3v) is 4.44. The summed E-state index contributed by atoms with van der Waals surface area (Å²) >= 11 is 0. The van der Waals surface area contributed by atoms with Gasteiger partial charge < -0.3 is 18.3 Å². The molecule has 0 aliphatic heterocycles. The molecule has 28 heavy (non-hydrogen) atoms. The van der Waals surface area contributed by atoms with E-state index in [-0.39, 0.29) is 11.7 Å². The quantitative estimate of drug-likeness (QED) is 0.464. The summed E-state index contributed by atoms with van der Waals surface area (Å²) in [5.41, 5.74) is 2.11. The highest BCUT2D eigenvalue weighted by Crippen LogP contribution is 2.28. The van der Waals surface area contributed by atoms with E-state index >= 15 is 0 Å². The molecule has 0 spiro atoms. The smallest absolute Gasteiger partial charge is 0.375 e. The first-order valence-corrected chi connectivity index (χ1v) is 8.73. The topological polar surface area (TPSA) is 87.6 Å². The van der Waals surface area contributed by atoms with Gasteiger partial charge in [0.25, 0.3) is 5.89 Å². The monoisotopic (exact) mass is 378 g/mol. The van der Waals surface area contributed by atoms with Crippen molar-refractivity contribution < 1.29 is 23.1 Å². The lowest BCUT2D eigenvalue weighted by Crippen LogP contribution is -2.09. The number of nitrogens with zero attached hydrogens (tertiary/aromatic N) is 2. The number of fused-ring (bicyclic) bond motifs is 1. The molecule has 7 heteroatoms. The van der Waals surface area contributed by atoms with E-state index in [4.69, 9.17) is 18.3 Å². The van der Waals surface area contributed by atoms with Crippen LogP contribution < -0.4 is 4.74 Å². The molecular formula is C21H18N2O5. The number of benzene rings is 2. The number of esters is 1. The Morgan fingerprint density at radius 1 is 1.04 bits per heavy atom. The first-order chi connectivity index (χ1) is 13.6. The van der Waals surface area contributed by atoms with Gasteiger partial charge in [0.1, 0.15) is 11.3 Å². The summed E-state index contributed by atoms with van der Waals surface area (Å²) in [6, 6.07) is 14.7. The van der Waals surface area contributed by atoms with Crippen molar-refractivity contribution in [1.29, 1.82) is 0 Å². The highest BCUT2D eigenvalue weighted by molar-refractivity contribution is 5.95. The predicted octanol–water partition coefficient (Wildman–Crippen LogP) is 4.72. The number of ether oxygens (including phenoxy) is 2. The number of aromatic nitrogens is 2. The van der Waals surface area contributed by atoms with E-state index in [1.807, 2.05) is 43.3 Å². The minimum atomic E-state index is -0.723. The molecule has 7 nitrogen and oxygen atoms in total.